The normalized spacial score (nSPS) is 14.9. The number of hydrogen-bond acceptors (Lipinski definition) is 25. The van der Waals surface area contributed by atoms with Crippen molar-refractivity contribution in [2.24, 2.45) is 10.8 Å². The Morgan fingerprint density at radius 1 is 0.697 bits per heavy atom. The summed E-state index contributed by atoms with van der Waals surface area (Å²) < 4.78 is 5.58. The number of H-pyrrole nitrogens is 3. The number of carboxylic acid groups (broad SMARTS) is 4. The first-order valence-corrected chi connectivity index (χ1v) is 38.8. The van der Waals surface area contributed by atoms with Gasteiger partial charge in [-0.05, 0) is 110 Å². The Morgan fingerprint density at radius 3 is 1.96 bits per heavy atom. The second-order valence-electron chi connectivity index (χ2n) is 28.0. The third kappa shape index (κ3) is 22.2. The fourth-order valence-corrected chi connectivity index (χ4v) is 14.7. The highest BCUT2D eigenvalue weighted by Gasteiger charge is 2.42. The average molecular weight is 1720 g/mol. The van der Waals surface area contributed by atoms with Gasteiger partial charge in [-0.15, -0.1) is 23.4 Å². The summed E-state index contributed by atoms with van der Waals surface area (Å²) in [7, 11) is 0. The number of amides is 11. The molecule has 636 valence electrons. The predicted molar refractivity (Wildman–Crippen MR) is 441 cm³/mol. The van der Waals surface area contributed by atoms with Crippen molar-refractivity contribution in [1.82, 2.24) is 72.1 Å². The molecule has 1 fully saturated rings. The number of guanidine groups is 1. The van der Waals surface area contributed by atoms with Gasteiger partial charge in [-0.2, -0.15) is 10.1 Å². The van der Waals surface area contributed by atoms with E-state index in [4.69, 9.17) is 33.2 Å². The molecule has 11 amide bonds. The third-order valence-electron chi connectivity index (χ3n) is 19.1. The summed E-state index contributed by atoms with van der Waals surface area (Å²) in [6.45, 7) is 2.47. The molecule has 0 saturated carbocycles. The van der Waals surface area contributed by atoms with Gasteiger partial charge in [0.25, 0.3) is 23.3 Å². The standard InChI is InChI=1S/C77H79ClN22O21S/c1-34(97-98-77(120)87-42-14-16-46-37(21-42)22-50(88-46)67(110)86-41-13-15-47-38(20-41)23-53(89-47)71(114)99-32-39(28-78)62-45-7-4-3-6-44(45)56(26-55(62)99)121-35(2)101)31-100-59(103)27-57(72(100)115)122-33-54(74(118)119)94-69(112)52(25-61(106)107)93-66(109)48(8-5-19-82-75(79)80)91-68(111)51(24-60(104)105)90-58(102)18-17-49(73(116)117)92-65(108)36-9-11-40(12-10-36)83-29-43-30-84-64-63(85-43)70(113)96-76(81)95-64/h3-4,6-7,9-16,20-23,26,30,39,48-49,51-52,54,57,83,88-89H,5,8,17-19,24-25,27-29,31-33H2,1-2H3,(H,86,110)(H,90,102)(H,91,111)(H,92,108)(H,93,109)(H,94,112)(H,104,105)(H,106,107)(H,116,117)(H,118,119)(H4,79,80,82)(H2,87,98,120)(H3,81,84,95,96,113)/b97-34+/t39?,48-,49-,51-,52-,54-,57?/m0/s1. The number of nitrogens with one attached hydrogen (secondary N) is 14. The number of aliphatic carboxylic acids is 4. The van der Waals surface area contributed by atoms with Gasteiger partial charge < -0.3 is 99.3 Å². The minimum Gasteiger partial charge on any atom is -0.481 e. The van der Waals surface area contributed by atoms with E-state index in [2.05, 4.69) is 88.3 Å². The zero-order valence-electron chi connectivity index (χ0n) is 64.5. The summed E-state index contributed by atoms with van der Waals surface area (Å²) >= 11 is 7.11. The van der Waals surface area contributed by atoms with Gasteiger partial charge in [0.05, 0.1) is 54.5 Å². The van der Waals surface area contributed by atoms with Gasteiger partial charge in [-0.1, -0.05) is 24.3 Å². The van der Waals surface area contributed by atoms with Crippen LogP contribution in [0.1, 0.15) is 107 Å². The van der Waals surface area contributed by atoms with E-state index in [9.17, 15) is 97.1 Å². The number of esters is 1. The number of thioether (sulfide) groups is 1. The Hall–Kier alpha value is -15.1. The summed E-state index contributed by atoms with van der Waals surface area (Å²) in [5.41, 5.74) is 17.1. The first-order chi connectivity index (χ1) is 58.1. The molecule has 2 unspecified atom stereocenters. The zero-order valence-corrected chi connectivity index (χ0v) is 66.1. The first-order valence-electron chi connectivity index (χ1n) is 37.2. The number of aromatic nitrogens is 6. The minimum atomic E-state index is -2.10. The van der Waals surface area contributed by atoms with Crippen LogP contribution in [0.5, 0.6) is 5.75 Å². The predicted octanol–water partition coefficient (Wildman–Crippen LogP) is 2.44. The highest BCUT2D eigenvalue weighted by Crippen LogP contribution is 2.46. The molecule has 0 spiro atoms. The molecule has 43 nitrogen and oxygen atoms in total. The van der Waals surface area contributed by atoms with E-state index >= 15 is 0 Å². The van der Waals surface area contributed by atoms with Crippen molar-refractivity contribution in [3.05, 3.63) is 148 Å². The van der Waals surface area contributed by atoms with E-state index < -0.39 is 181 Å². The fraction of sp³-hybridized carbons (Fsp3) is 0.286. The van der Waals surface area contributed by atoms with Crippen LogP contribution in [0.4, 0.5) is 33.5 Å². The van der Waals surface area contributed by atoms with E-state index in [0.29, 0.717) is 67.5 Å². The van der Waals surface area contributed by atoms with E-state index in [1.54, 1.807) is 53.4 Å². The third-order valence-corrected chi connectivity index (χ3v) is 20.8. The van der Waals surface area contributed by atoms with Crippen molar-refractivity contribution in [1.29, 1.82) is 5.41 Å². The van der Waals surface area contributed by atoms with Crippen molar-refractivity contribution in [3.63, 3.8) is 0 Å². The summed E-state index contributed by atoms with van der Waals surface area (Å²) in [4.78, 5) is 233. The molecule has 11 rings (SSSR count). The molecule has 9 aromatic rings. The van der Waals surface area contributed by atoms with Crippen LogP contribution in [-0.4, -0.2) is 223 Å². The van der Waals surface area contributed by atoms with Crippen molar-refractivity contribution in [3.8, 4) is 5.75 Å². The monoisotopic (exact) mass is 1710 g/mol. The number of alkyl halides is 1. The molecular formula is C77H79ClN22O21S. The number of hydrogen-bond donors (Lipinski definition) is 20. The number of ether oxygens (including phenoxy) is 1. The van der Waals surface area contributed by atoms with E-state index in [0.717, 1.165) is 15.8 Å². The van der Waals surface area contributed by atoms with Crippen LogP contribution in [0.3, 0.4) is 0 Å². The number of likely N-dealkylation sites (tertiary alicyclic amines) is 1. The highest BCUT2D eigenvalue weighted by atomic mass is 35.5. The number of anilines is 5. The molecule has 2 aliphatic rings. The summed E-state index contributed by atoms with van der Waals surface area (Å²) in [6.07, 6.45) is -3.29. The number of fused-ring (bicyclic) bond motifs is 6. The number of aromatic amines is 3. The maximum Gasteiger partial charge on any atom is 0.339 e. The fourth-order valence-electron chi connectivity index (χ4n) is 13.3. The number of nitrogens with zero attached hydrogens (tertiary/aromatic N) is 6. The van der Waals surface area contributed by atoms with Crippen molar-refractivity contribution in [2.45, 2.75) is 107 Å². The minimum absolute atomic E-state index is 0.0162. The Morgan fingerprint density at radius 2 is 1.31 bits per heavy atom. The molecule has 0 bridgehead atoms. The molecule has 122 heavy (non-hydrogen) atoms. The van der Waals surface area contributed by atoms with Crippen molar-refractivity contribution >= 4 is 197 Å². The second kappa shape index (κ2) is 39.0. The van der Waals surface area contributed by atoms with Crippen molar-refractivity contribution < 1.29 is 97.1 Å². The number of halogens is 1. The quantitative estimate of drug-likeness (QED) is 0.00388. The smallest absolute Gasteiger partial charge is 0.339 e. The van der Waals surface area contributed by atoms with E-state index in [1.807, 2.05) is 24.3 Å². The number of nitrogen functional groups attached to an aromatic ring is 1. The van der Waals surface area contributed by atoms with Crippen LogP contribution < -0.4 is 79.9 Å². The van der Waals surface area contributed by atoms with Gasteiger partial charge in [-0.25, -0.2) is 29.8 Å². The molecule has 0 aliphatic carbocycles. The van der Waals surface area contributed by atoms with Crippen LogP contribution in [-0.2, 0) is 59.3 Å². The highest BCUT2D eigenvalue weighted by molar-refractivity contribution is 8.00. The van der Waals surface area contributed by atoms with E-state index in [-0.39, 0.29) is 89.2 Å². The van der Waals surface area contributed by atoms with Gasteiger partial charge in [0, 0.05) is 106 Å². The zero-order chi connectivity index (χ0) is 87.9. The van der Waals surface area contributed by atoms with Gasteiger partial charge in [0.2, 0.25) is 41.4 Å². The molecule has 5 aromatic carbocycles. The van der Waals surface area contributed by atoms with Crippen molar-refractivity contribution in [2.75, 3.05) is 57.9 Å². The lowest BCUT2D eigenvalue weighted by atomic mass is 9.95. The number of imide groups is 1. The maximum atomic E-state index is 14.3. The Balaban J connectivity index is 0.638. The van der Waals surface area contributed by atoms with Crippen LogP contribution in [0, 0.1) is 5.41 Å². The molecule has 6 heterocycles. The molecule has 0 radical (unpaired) electrons. The SMILES string of the molecule is CC(=O)Oc1cc2c(c3ccccc13)C(CCl)CN2C(=O)c1cc2cc(NC(=O)c3cc4cc(NC(=O)N/N=C(\C)CN5C(=O)CC(SC[C@H](NC(=O)[C@H](CC(=O)O)NC(=O)[C@H](CCCNC(=N)N)NC(=O)[C@H](CC(=O)O)NC(=O)CC[C@H](NC(=O)c6ccc(NCc7cnc8nc(N)[nH]c(=O)c8n7)cc6)C(=O)O)C(=O)O)C5=O)ccc4[nH]3)ccc2[nH]1. The summed E-state index contributed by atoms with van der Waals surface area (Å²) in [5.74, 6) is -16.5. The van der Waals surface area contributed by atoms with E-state index in [1.165, 1.54) is 50.4 Å². The van der Waals surface area contributed by atoms with Crippen LogP contribution in [0.2, 0.25) is 0 Å². The van der Waals surface area contributed by atoms with Crippen LogP contribution in [0.25, 0.3) is 43.7 Å². The first kappa shape index (κ1) is 87.7. The lowest BCUT2D eigenvalue weighted by Crippen LogP contribution is -2.58. The molecule has 1 saturated heterocycles. The number of urea groups is 1. The number of benzene rings is 5. The van der Waals surface area contributed by atoms with Gasteiger partial charge in [-0.3, -0.25) is 77.6 Å². The van der Waals surface area contributed by atoms with Gasteiger partial charge in [0.1, 0.15) is 47.3 Å². The van der Waals surface area contributed by atoms with Crippen LogP contribution >= 0.6 is 23.4 Å². The molecule has 4 aromatic heterocycles. The number of nitrogens with two attached hydrogens (primary N) is 2. The van der Waals surface area contributed by atoms with Crippen LogP contribution in [0.15, 0.2) is 119 Å². The summed E-state index contributed by atoms with van der Waals surface area (Å²) in [5, 5.41) is 74.6. The molecule has 7 atom stereocenters. The van der Waals surface area contributed by atoms with Gasteiger partial charge in [0.15, 0.2) is 17.1 Å². The molecular weight excluding hydrogens is 1640 g/mol. The Labute approximate surface area is 696 Å². The average Bonchev–Trinajstić information content (AvgIpc) is 1.58. The maximum absolute atomic E-state index is 14.3. The largest absolute Gasteiger partial charge is 0.481 e. The second-order valence-corrected chi connectivity index (χ2v) is 29.6. The Bertz CT molecular complexity index is 5820. The number of hydrazone groups is 1. The topological polar surface area (TPSA) is 664 Å². The number of carboxylic acids is 4. The number of carbonyl (C=O) groups is 15. The summed E-state index contributed by atoms with van der Waals surface area (Å²) in [6, 6.07) is 17.4. The molecule has 2 aliphatic heterocycles. The number of carbonyl (C=O) groups excluding carboxylic acids is 11. The van der Waals surface area contributed by atoms with Gasteiger partial charge >= 0.3 is 35.9 Å². The molecule has 22 N–H and O–H groups in total. The lowest BCUT2D eigenvalue weighted by molar-refractivity contribution is -0.143. The molecule has 45 heteroatoms. The lowest BCUT2D eigenvalue weighted by Gasteiger charge is -2.25. The Kier molecular flexibility index (Phi) is 28.0. The number of rotatable bonds is 37.